The van der Waals surface area contributed by atoms with Gasteiger partial charge in [-0.25, -0.2) is 0 Å². The summed E-state index contributed by atoms with van der Waals surface area (Å²) in [5, 5.41) is 12.9. The molecular weight excluding hydrogens is 186 g/mol. The van der Waals surface area contributed by atoms with E-state index < -0.39 is 0 Å². The highest BCUT2D eigenvalue weighted by atomic mass is 16.3. The van der Waals surface area contributed by atoms with E-state index in [1.807, 2.05) is 12.1 Å². The third kappa shape index (κ3) is 3.24. The molecule has 0 aromatic heterocycles. The Labute approximate surface area is 91.3 Å². The molecule has 1 aromatic carbocycles. The van der Waals surface area contributed by atoms with Crippen molar-refractivity contribution in [2.24, 2.45) is 5.92 Å². The smallest absolute Gasteiger partial charge is 0.115 e. The van der Waals surface area contributed by atoms with Crippen molar-refractivity contribution in [2.75, 3.05) is 13.1 Å². The Kier molecular flexibility index (Phi) is 3.62. The molecule has 1 heterocycles. The number of aromatic hydroxyl groups is 1. The lowest BCUT2D eigenvalue weighted by Crippen LogP contribution is -2.21. The first-order chi connectivity index (χ1) is 7.34. The predicted octanol–water partition coefficient (Wildman–Crippen LogP) is 2.32. The largest absolute Gasteiger partial charge is 0.508 e. The second kappa shape index (κ2) is 5.17. The minimum absolute atomic E-state index is 0.383. The summed E-state index contributed by atoms with van der Waals surface area (Å²) in [6, 6.07) is 7.64. The van der Waals surface area contributed by atoms with Gasteiger partial charge in [0.25, 0.3) is 0 Å². The zero-order chi connectivity index (χ0) is 10.5. The molecule has 15 heavy (non-hydrogen) atoms. The lowest BCUT2D eigenvalue weighted by atomic mass is 9.95. The van der Waals surface area contributed by atoms with Crippen molar-refractivity contribution in [3.8, 4) is 5.75 Å². The molecule has 2 rings (SSSR count). The number of rotatable bonds is 2. The van der Waals surface area contributed by atoms with E-state index in [1.54, 1.807) is 6.07 Å². The Morgan fingerprint density at radius 1 is 1.33 bits per heavy atom. The standard InChI is InChI=1S/C13H19NO/c15-13-6-3-5-11(9-13)8-12-4-1-2-7-14-10-12/h3,5-6,9,12,14-15H,1-2,4,7-8,10H2. The quantitative estimate of drug-likeness (QED) is 0.776. The second-order valence-electron chi connectivity index (χ2n) is 4.44. The van der Waals surface area contributed by atoms with E-state index in [9.17, 15) is 5.11 Å². The predicted molar refractivity (Wildman–Crippen MR) is 62.0 cm³/mol. The highest BCUT2D eigenvalue weighted by Crippen LogP contribution is 2.19. The molecule has 1 unspecified atom stereocenters. The van der Waals surface area contributed by atoms with Crippen LogP contribution in [0.4, 0.5) is 0 Å². The average Bonchev–Trinajstić information content (AvgIpc) is 2.46. The van der Waals surface area contributed by atoms with E-state index in [4.69, 9.17) is 0 Å². The summed E-state index contributed by atoms with van der Waals surface area (Å²) in [5.41, 5.74) is 1.25. The monoisotopic (exact) mass is 205 g/mol. The van der Waals surface area contributed by atoms with E-state index in [-0.39, 0.29) is 0 Å². The molecule has 0 amide bonds. The first-order valence-corrected chi connectivity index (χ1v) is 5.83. The summed E-state index contributed by atoms with van der Waals surface area (Å²) < 4.78 is 0. The highest BCUT2D eigenvalue weighted by molar-refractivity contribution is 5.27. The Balaban J connectivity index is 1.95. The van der Waals surface area contributed by atoms with Gasteiger partial charge in [0.2, 0.25) is 0 Å². The van der Waals surface area contributed by atoms with Gasteiger partial charge in [-0.2, -0.15) is 0 Å². The van der Waals surface area contributed by atoms with Crippen LogP contribution in [0.3, 0.4) is 0 Å². The molecule has 0 bridgehead atoms. The number of nitrogens with one attached hydrogen (secondary N) is 1. The summed E-state index contributed by atoms with van der Waals surface area (Å²) in [6.07, 6.45) is 5.02. The zero-order valence-corrected chi connectivity index (χ0v) is 9.08. The van der Waals surface area contributed by atoms with E-state index >= 15 is 0 Å². The minimum atomic E-state index is 0.383. The number of phenolic OH excluding ortho intramolecular Hbond substituents is 1. The van der Waals surface area contributed by atoms with Gasteiger partial charge in [0.1, 0.15) is 5.75 Å². The van der Waals surface area contributed by atoms with Crippen LogP contribution in [0.15, 0.2) is 24.3 Å². The van der Waals surface area contributed by atoms with Crippen molar-refractivity contribution in [1.29, 1.82) is 0 Å². The van der Waals surface area contributed by atoms with Gasteiger partial charge < -0.3 is 10.4 Å². The number of phenols is 1. The van der Waals surface area contributed by atoms with Gasteiger partial charge in [0.15, 0.2) is 0 Å². The molecule has 1 aromatic rings. The Bertz CT molecular complexity index is 303. The summed E-state index contributed by atoms with van der Waals surface area (Å²) in [5.74, 6) is 1.11. The van der Waals surface area contributed by atoms with Crippen LogP contribution in [-0.2, 0) is 6.42 Å². The normalized spacial score (nSPS) is 22.3. The maximum Gasteiger partial charge on any atom is 0.115 e. The fourth-order valence-electron chi connectivity index (χ4n) is 2.28. The molecule has 0 spiro atoms. The van der Waals surface area contributed by atoms with Crippen molar-refractivity contribution in [3.05, 3.63) is 29.8 Å². The van der Waals surface area contributed by atoms with Crippen LogP contribution in [0.5, 0.6) is 5.75 Å². The van der Waals surface area contributed by atoms with Gasteiger partial charge in [-0.05, 0) is 56.0 Å². The molecule has 1 aliphatic rings. The fourth-order valence-corrected chi connectivity index (χ4v) is 2.28. The molecule has 1 fully saturated rings. The number of hydrogen-bond donors (Lipinski definition) is 2. The third-order valence-electron chi connectivity index (χ3n) is 3.08. The molecule has 2 N–H and O–H groups in total. The van der Waals surface area contributed by atoms with Crippen molar-refractivity contribution in [3.63, 3.8) is 0 Å². The molecule has 1 saturated heterocycles. The van der Waals surface area contributed by atoms with Gasteiger partial charge in [-0.1, -0.05) is 18.6 Å². The minimum Gasteiger partial charge on any atom is -0.508 e. The second-order valence-corrected chi connectivity index (χ2v) is 4.44. The summed E-state index contributed by atoms with van der Waals surface area (Å²) in [7, 11) is 0. The Morgan fingerprint density at radius 3 is 3.13 bits per heavy atom. The lowest BCUT2D eigenvalue weighted by molar-refractivity contribution is 0.464. The number of hydrogen-bond acceptors (Lipinski definition) is 2. The van der Waals surface area contributed by atoms with E-state index in [2.05, 4.69) is 11.4 Å². The van der Waals surface area contributed by atoms with E-state index in [0.717, 1.165) is 25.4 Å². The maximum atomic E-state index is 9.38. The summed E-state index contributed by atoms with van der Waals surface area (Å²) >= 11 is 0. The van der Waals surface area contributed by atoms with Gasteiger partial charge >= 0.3 is 0 Å². The highest BCUT2D eigenvalue weighted by Gasteiger charge is 2.12. The molecule has 0 saturated carbocycles. The van der Waals surface area contributed by atoms with Crippen molar-refractivity contribution in [2.45, 2.75) is 25.7 Å². The average molecular weight is 205 g/mol. The first kappa shape index (κ1) is 10.5. The van der Waals surface area contributed by atoms with Crippen LogP contribution in [0.25, 0.3) is 0 Å². The van der Waals surface area contributed by atoms with Crippen LogP contribution in [0.2, 0.25) is 0 Å². The molecule has 1 atom stereocenters. The van der Waals surface area contributed by atoms with E-state index in [0.29, 0.717) is 5.75 Å². The molecule has 0 aliphatic carbocycles. The Morgan fingerprint density at radius 2 is 2.27 bits per heavy atom. The number of benzene rings is 1. The first-order valence-electron chi connectivity index (χ1n) is 5.83. The van der Waals surface area contributed by atoms with Crippen molar-refractivity contribution in [1.82, 2.24) is 5.32 Å². The molecule has 2 heteroatoms. The van der Waals surface area contributed by atoms with Gasteiger partial charge in [0, 0.05) is 0 Å². The molecular formula is C13H19NO. The molecule has 82 valence electrons. The van der Waals surface area contributed by atoms with Crippen LogP contribution >= 0.6 is 0 Å². The lowest BCUT2D eigenvalue weighted by Gasteiger charge is -2.14. The topological polar surface area (TPSA) is 32.3 Å². The SMILES string of the molecule is Oc1cccc(CC2CCCCNC2)c1. The van der Waals surface area contributed by atoms with E-state index in [1.165, 1.54) is 24.8 Å². The maximum absolute atomic E-state index is 9.38. The molecule has 1 aliphatic heterocycles. The summed E-state index contributed by atoms with van der Waals surface area (Å²) in [6.45, 7) is 2.28. The van der Waals surface area contributed by atoms with Gasteiger partial charge in [-0.3, -0.25) is 0 Å². The van der Waals surface area contributed by atoms with Gasteiger partial charge in [-0.15, -0.1) is 0 Å². The van der Waals surface area contributed by atoms with Gasteiger partial charge in [0.05, 0.1) is 0 Å². The van der Waals surface area contributed by atoms with Crippen molar-refractivity contribution < 1.29 is 5.11 Å². The van der Waals surface area contributed by atoms with Crippen LogP contribution in [0.1, 0.15) is 24.8 Å². The van der Waals surface area contributed by atoms with Crippen LogP contribution in [0, 0.1) is 5.92 Å². The molecule has 2 nitrogen and oxygen atoms in total. The van der Waals surface area contributed by atoms with Crippen LogP contribution < -0.4 is 5.32 Å². The van der Waals surface area contributed by atoms with Crippen molar-refractivity contribution >= 4 is 0 Å². The van der Waals surface area contributed by atoms with Crippen LogP contribution in [-0.4, -0.2) is 18.2 Å². The third-order valence-corrected chi connectivity index (χ3v) is 3.08. The fraction of sp³-hybridized carbons (Fsp3) is 0.538. The molecule has 0 radical (unpaired) electrons. The zero-order valence-electron chi connectivity index (χ0n) is 9.08. The summed E-state index contributed by atoms with van der Waals surface area (Å²) in [4.78, 5) is 0. The Hall–Kier alpha value is -1.02.